The summed E-state index contributed by atoms with van der Waals surface area (Å²) in [5.74, 6) is 6.95. The maximum atomic E-state index is 11.5. The molecule has 2 N–H and O–H groups in total. The van der Waals surface area contributed by atoms with Crippen LogP contribution in [0.3, 0.4) is 0 Å². The third-order valence-corrected chi connectivity index (χ3v) is 3.69. The van der Waals surface area contributed by atoms with Crippen molar-refractivity contribution in [2.24, 2.45) is 0 Å². The lowest BCUT2D eigenvalue weighted by molar-refractivity contribution is 0.0963. The molecule has 0 aliphatic heterocycles. The molecule has 0 atom stereocenters. The number of rotatable bonds is 4. The van der Waals surface area contributed by atoms with Gasteiger partial charge < -0.3 is 10.6 Å². The normalized spacial score (nSPS) is 9.96. The molecule has 0 bridgehead atoms. The Bertz CT molecular complexity index is 934. The van der Waals surface area contributed by atoms with Crippen LogP contribution in [-0.4, -0.2) is 29.5 Å². The highest BCUT2D eigenvalue weighted by Gasteiger charge is 2.02. The highest BCUT2D eigenvalue weighted by atomic mass is 16.1. The van der Waals surface area contributed by atoms with Crippen LogP contribution in [0.15, 0.2) is 54.9 Å². The summed E-state index contributed by atoms with van der Waals surface area (Å²) in [5.41, 5.74) is 2.44. The number of carbonyl (C=O) groups is 1. The molecule has 0 saturated carbocycles. The first-order valence-corrected chi connectivity index (χ1v) is 8.02. The molecule has 5 heteroatoms. The number of benzene rings is 2. The first-order valence-electron chi connectivity index (χ1n) is 8.02. The fraction of sp³-hybridized carbons (Fsp3) is 0.150. The zero-order valence-electron chi connectivity index (χ0n) is 13.9. The van der Waals surface area contributed by atoms with Crippen LogP contribution in [0.25, 0.3) is 10.9 Å². The van der Waals surface area contributed by atoms with Gasteiger partial charge >= 0.3 is 0 Å². The summed E-state index contributed by atoms with van der Waals surface area (Å²) >= 11 is 0. The molecule has 0 unspecified atom stereocenters. The number of nitrogens with one attached hydrogen (secondary N) is 2. The number of anilines is 1. The van der Waals surface area contributed by atoms with E-state index >= 15 is 0 Å². The van der Waals surface area contributed by atoms with E-state index in [0.29, 0.717) is 18.5 Å². The monoisotopic (exact) mass is 330 g/mol. The van der Waals surface area contributed by atoms with Crippen molar-refractivity contribution in [2.45, 2.75) is 6.42 Å². The molecule has 0 aliphatic carbocycles. The van der Waals surface area contributed by atoms with Gasteiger partial charge in [-0.1, -0.05) is 24.0 Å². The van der Waals surface area contributed by atoms with Crippen molar-refractivity contribution in [3.05, 3.63) is 66.0 Å². The smallest absolute Gasteiger partial charge is 0.251 e. The summed E-state index contributed by atoms with van der Waals surface area (Å²) < 4.78 is 0. The van der Waals surface area contributed by atoms with E-state index in [1.807, 2.05) is 36.4 Å². The van der Waals surface area contributed by atoms with E-state index in [-0.39, 0.29) is 5.91 Å². The van der Waals surface area contributed by atoms with Gasteiger partial charge in [-0.25, -0.2) is 9.97 Å². The van der Waals surface area contributed by atoms with Gasteiger partial charge in [0.25, 0.3) is 5.91 Å². The van der Waals surface area contributed by atoms with Crippen LogP contribution in [0.1, 0.15) is 22.3 Å². The number of fused-ring (bicyclic) bond motifs is 1. The molecule has 1 heterocycles. The molecular formula is C20H18N4O. The van der Waals surface area contributed by atoms with E-state index in [4.69, 9.17) is 0 Å². The van der Waals surface area contributed by atoms with Crippen molar-refractivity contribution >= 4 is 22.6 Å². The Morgan fingerprint density at radius 1 is 1.08 bits per heavy atom. The number of amides is 1. The Morgan fingerprint density at radius 2 is 1.88 bits per heavy atom. The molecule has 1 amide bonds. The van der Waals surface area contributed by atoms with Crippen LogP contribution in [0, 0.1) is 11.8 Å². The fourth-order valence-electron chi connectivity index (χ4n) is 2.40. The lowest BCUT2D eigenvalue weighted by Crippen LogP contribution is -2.17. The van der Waals surface area contributed by atoms with Gasteiger partial charge in [0.1, 0.15) is 12.1 Å². The van der Waals surface area contributed by atoms with Crippen molar-refractivity contribution in [1.82, 2.24) is 15.3 Å². The Labute approximate surface area is 146 Å². The SMILES string of the molecule is CNC(=O)c1ccc(C#CCCNc2ncnc3ccccc23)cc1. The number of hydrogen-bond acceptors (Lipinski definition) is 4. The fourth-order valence-corrected chi connectivity index (χ4v) is 2.40. The van der Waals surface area contributed by atoms with Crippen LogP contribution >= 0.6 is 0 Å². The zero-order valence-corrected chi connectivity index (χ0v) is 13.9. The number of aromatic nitrogens is 2. The van der Waals surface area contributed by atoms with Gasteiger partial charge in [0.15, 0.2) is 0 Å². The summed E-state index contributed by atoms with van der Waals surface area (Å²) in [7, 11) is 1.61. The van der Waals surface area contributed by atoms with Gasteiger partial charge in [0.05, 0.1) is 5.52 Å². The summed E-state index contributed by atoms with van der Waals surface area (Å²) in [6.45, 7) is 0.699. The van der Waals surface area contributed by atoms with Gasteiger partial charge in [-0.2, -0.15) is 0 Å². The van der Waals surface area contributed by atoms with Crippen LogP contribution in [-0.2, 0) is 0 Å². The van der Waals surface area contributed by atoms with Crippen molar-refractivity contribution in [3.63, 3.8) is 0 Å². The van der Waals surface area contributed by atoms with Gasteiger partial charge in [0.2, 0.25) is 0 Å². The average molecular weight is 330 g/mol. The van der Waals surface area contributed by atoms with Crippen molar-refractivity contribution in [3.8, 4) is 11.8 Å². The molecule has 3 rings (SSSR count). The number of nitrogens with zero attached hydrogens (tertiary/aromatic N) is 2. The largest absolute Gasteiger partial charge is 0.368 e. The lowest BCUT2D eigenvalue weighted by atomic mass is 10.1. The summed E-state index contributed by atoms with van der Waals surface area (Å²) in [6, 6.07) is 15.1. The van der Waals surface area contributed by atoms with Crippen molar-refractivity contribution in [1.29, 1.82) is 0 Å². The van der Waals surface area contributed by atoms with Crippen molar-refractivity contribution in [2.75, 3.05) is 18.9 Å². The highest BCUT2D eigenvalue weighted by molar-refractivity contribution is 5.94. The summed E-state index contributed by atoms with van der Waals surface area (Å²) in [5, 5.41) is 6.90. The molecule has 2 aromatic carbocycles. The Hall–Kier alpha value is -3.39. The third kappa shape index (κ3) is 4.12. The molecule has 3 aromatic rings. The minimum atomic E-state index is -0.0965. The summed E-state index contributed by atoms with van der Waals surface area (Å²) in [4.78, 5) is 20.0. The second-order valence-electron chi connectivity index (χ2n) is 5.37. The van der Waals surface area contributed by atoms with E-state index in [9.17, 15) is 4.79 Å². The van der Waals surface area contributed by atoms with Gasteiger partial charge in [-0.3, -0.25) is 4.79 Å². The Balaban J connectivity index is 1.57. The molecule has 1 aromatic heterocycles. The highest BCUT2D eigenvalue weighted by Crippen LogP contribution is 2.17. The number of hydrogen-bond donors (Lipinski definition) is 2. The van der Waals surface area contributed by atoms with E-state index in [0.717, 1.165) is 22.3 Å². The van der Waals surface area contributed by atoms with Crippen LogP contribution < -0.4 is 10.6 Å². The maximum absolute atomic E-state index is 11.5. The van der Waals surface area contributed by atoms with E-state index in [1.54, 1.807) is 25.5 Å². The summed E-state index contributed by atoms with van der Waals surface area (Å²) in [6.07, 6.45) is 2.25. The van der Waals surface area contributed by atoms with Gasteiger partial charge in [-0.15, -0.1) is 0 Å². The van der Waals surface area contributed by atoms with Crippen LogP contribution in [0.4, 0.5) is 5.82 Å². The van der Waals surface area contributed by atoms with Crippen molar-refractivity contribution < 1.29 is 4.79 Å². The number of carbonyl (C=O) groups excluding carboxylic acids is 1. The second kappa shape index (κ2) is 7.93. The molecular weight excluding hydrogens is 312 g/mol. The molecule has 0 aliphatic rings. The lowest BCUT2D eigenvalue weighted by Gasteiger charge is -2.05. The molecule has 25 heavy (non-hydrogen) atoms. The van der Waals surface area contributed by atoms with E-state index in [2.05, 4.69) is 32.4 Å². The molecule has 124 valence electrons. The topological polar surface area (TPSA) is 66.9 Å². The predicted octanol–water partition coefficient (Wildman–Crippen LogP) is 2.84. The third-order valence-electron chi connectivity index (χ3n) is 3.69. The molecule has 0 spiro atoms. The van der Waals surface area contributed by atoms with Crippen LogP contribution in [0.2, 0.25) is 0 Å². The number of para-hydroxylation sites is 1. The second-order valence-corrected chi connectivity index (χ2v) is 5.37. The first kappa shape index (κ1) is 16.5. The van der Waals surface area contributed by atoms with Gasteiger partial charge in [0, 0.05) is 36.5 Å². The molecule has 0 radical (unpaired) electrons. The zero-order chi connectivity index (χ0) is 17.5. The molecule has 5 nitrogen and oxygen atoms in total. The Morgan fingerprint density at radius 3 is 2.68 bits per heavy atom. The molecule has 0 fully saturated rings. The van der Waals surface area contributed by atoms with Gasteiger partial charge in [-0.05, 0) is 36.4 Å². The van der Waals surface area contributed by atoms with E-state index in [1.165, 1.54) is 0 Å². The average Bonchev–Trinajstić information content (AvgIpc) is 2.67. The predicted molar refractivity (Wildman–Crippen MR) is 99.4 cm³/mol. The van der Waals surface area contributed by atoms with E-state index < -0.39 is 0 Å². The maximum Gasteiger partial charge on any atom is 0.251 e. The minimum Gasteiger partial charge on any atom is -0.368 e. The first-order chi connectivity index (χ1) is 12.3. The standard InChI is InChI=1S/C20H18N4O/c1-21-20(25)16-11-9-15(10-12-16)6-4-5-13-22-19-17-7-2-3-8-18(17)23-14-24-19/h2-3,7-12,14H,5,13H2,1H3,(H,21,25)(H,22,23,24). The molecule has 0 saturated heterocycles. The quantitative estimate of drug-likeness (QED) is 0.570. The Kier molecular flexibility index (Phi) is 5.22. The van der Waals surface area contributed by atoms with Crippen LogP contribution in [0.5, 0.6) is 0 Å². The minimum absolute atomic E-state index is 0.0965.